The molecular formula is C3H6BO2. The van der Waals surface area contributed by atoms with Crippen molar-refractivity contribution >= 4 is 13.4 Å². The van der Waals surface area contributed by atoms with Gasteiger partial charge in [0.25, 0.3) is 0 Å². The summed E-state index contributed by atoms with van der Waals surface area (Å²) in [7, 11) is 2.00. The summed E-state index contributed by atoms with van der Waals surface area (Å²) in [5, 5.41) is 0. The van der Waals surface area contributed by atoms with Gasteiger partial charge in [-0.3, -0.25) is 0 Å². The normalized spacial score (nSPS) is 3.67. The van der Waals surface area contributed by atoms with Crippen molar-refractivity contribution in [2.24, 2.45) is 0 Å². The molecule has 0 heterocycles. The van der Waals surface area contributed by atoms with Crippen LogP contribution in [0.3, 0.4) is 0 Å². The van der Waals surface area contributed by atoms with Gasteiger partial charge in [-0.15, -0.1) is 0 Å². The molecule has 2 nitrogen and oxygen atoms in total. The van der Waals surface area contributed by atoms with Gasteiger partial charge in [0.15, 0.2) is 0 Å². The van der Waals surface area contributed by atoms with E-state index >= 15 is 0 Å². The van der Waals surface area contributed by atoms with Crippen molar-refractivity contribution in [3.63, 3.8) is 0 Å². The highest BCUT2D eigenvalue weighted by molar-refractivity contribution is 6.31. The second kappa shape index (κ2) is 25.3. The van der Waals surface area contributed by atoms with Crippen LogP contribution in [0, 0.1) is 0 Å². The van der Waals surface area contributed by atoms with E-state index in [1.54, 1.807) is 0 Å². The van der Waals surface area contributed by atoms with E-state index < -0.39 is 0 Å². The molecule has 0 aromatic heterocycles. The molecule has 0 atom stereocenters. The highest BCUT2D eigenvalue weighted by atomic mass is 16.2. The third-order valence-electron chi connectivity index (χ3n) is 0. The Labute approximate surface area is 37.8 Å². The first-order valence-electron chi connectivity index (χ1n) is 1.56. The van der Waals surface area contributed by atoms with Crippen LogP contribution in [-0.4, -0.2) is 13.4 Å². The molecule has 0 amide bonds. The van der Waals surface area contributed by atoms with E-state index in [9.17, 15) is 0 Å². The molecule has 0 bridgehead atoms. The fourth-order valence-corrected chi connectivity index (χ4v) is 0. The maximum Gasteiger partial charge on any atom is 0.373 e. The van der Waals surface area contributed by atoms with Crippen LogP contribution in [0.4, 0.5) is 0 Å². The van der Waals surface area contributed by atoms with Gasteiger partial charge in [-0.2, -0.15) is 9.59 Å². The van der Waals surface area contributed by atoms with E-state index in [1.807, 2.05) is 20.9 Å². The Balaban J connectivity index is 0. The fraction of sp³-hybridized carbons (Fsp3) is 0.667. The van der Waals surface area contributed by atoms with Crippen LogP contribution < -0.4 is 0 Å². The first-order chi connectivity index (χ1) is 2.83. The standard InChI is InChI=1S/C2H6B.CO2/c1-3-2;2-1-3/h1-2H3;. The van der Waals surface area contributed by atoms with E-state index in [-0.39, 0.29) is 6.15 Å². The van der Waals surface area contributed by atoms with Crippen LogP contribution in [0.5, 0.6) is 0 Å². The first-order valence-corrected chi connectivity index (χ1v) is 1.56. The molecule has 0 N–H and O–H groups in total. The van der Waals surface area contributed by atoms with Crippen molar-refractivity contribution in [2.45, 2.75) is 13.6 Å². The van der Waals surface area contributed by atoms with Crippen molar-refractivity contribution in [3.05, 3.63) is 0 Å². The molecule has 0 aliphatic carbocycles. The molecule has 0 spiro atoms. The topological polar surface area (TPSA) is 34.1 Å². The molecule has 0 aromatic carbocycles. The molecule has 1 radical (unpaired) electrons. The maximum atomic E-state index is 8.12. The Morgan fingerprint density at radius 1 is 1.33 bits per heavy atom. The Morgan fingerprint density at radius 3 is 1.33 bits per heavy atom. The van der Waals surface area contributed by atoms with Gasteiger partial charge in [0, 0.05) is 0 Å². The van der Waals surface area contributed by atoms with Gasteiger partial charge in [0.05, 0.1) is 0 Å². The van der Waals surface area contributed by atoms with Gasteiger partial charge in [-0.1, -0.05) is 13.6 Å². The van der Waals surface area contributed by atoms with Crippen molar-refractivity contribution in [1.29, 1.82) is 0 Å². The lowest BCUT2D eigenvalue weighted by Crippen LogP contribution is -1.53. The Bertz CT molecular complexity index is 38.1. The van der Waals surface area contributed by atoms with Gasteiger partial charge in [-0.25, -0.2) is 0 Å². The molecule has 0 aromatic rings. The molecule has 0 aliphatic rings. The van der Waals surface area contributed by atoms with E-state index in [0.29, 0.717) is 0 Å². The molecule has 3 heteroatoms. The molecule has 0 aliphatic heterocycles. The largest absolute Gasteiger partial charge is 0.373 e. The minimum Gasteiger partial charge on any atom is -0.186 e. The highest BCUT2D eigenvalue weighted by Crippen LogP contribution is 1.36. The number of hydrogen-bond donors (Lipinski definition) is 0. The Kier molecular flexibility index (Phi) is 38.2. The molecule has 0 saturated carbocycles. The molecular weight excluding hydrogens is 78.8 g/mol. The second-order valence-electron chi connectivity index (χ2n) is 0.661. The zero-order valence-electron chi connectivity index (χ0n) is 3.89. The lowest BCUT2D eigenvalue weighted by atomic mass is 9.88. The number of carbonyl (C=O) groups excluding carboxylic acids is 2. The molecule has 0 unspecified atom stereocenters. The fourth-order valence-electron chi connectivity index (χ4n) is 0. The number of rotatable bonds is 0. The summed E-state index contributed by atoms with van der Waals surface area (Å²) in [5.41, 5.74) is 0. The van der Waals surface area contributed by atoms with E-state index in [0.717, 1.165) is 0 Å². The summed E-state index contributed by atoms with van der Waals surface area (Å²) in [6.07, 6.45) is 0.250. The quantitative estimate of drug-likeness (QED) is 0.394. The predicted octanol–water partition coefficient (Wildman–Crippen LogP) is 0.203. The zero-order valence-corrected chi connectivity index (χ0v) is 3.89. The van der Waals surface area contributed by atoms with Crippen LogP contribution in [0.15, 0.2) is 0 Å². The summed E-state index contributed by atoms with van der Waals surface area (Å²) in [4.78, 5) is 16.2. The average Bonchev–Trinajstić information content (AvgIpc) is 1.39. The maximum absolute atomic E-state index is 8.12. The van der Waals surface area contributed by atoms with Crippen LogP contribution in [0.25, 0.3) is 0 Å². The molecule has 6 heavy (non-hydrogen) atoms. The van der Waals surface area contributed by atoms with Gasteiger partial charge in [0.1, 0.15) is 7.28 Å². The summed E-state index contributed by atoms with van der Waals surface area (Å²) < 4.78 is 0. The van der Waals surface area contributed by atoms with Crippen molar-refractivity contribution < 1.29 is 9.59 Å². The molecule has 33 valence electrons. The molecule has 0 fully saturated rings. The van der Waals surface area contributed by atoms with Gasteiger partial charge in [-0.05, 0) is 0 Å². The van der Waals surface area contributed by atoms with Crippen LogP contribution in [-0.2, 0) is 9.59 Å². The van der Waals surface area contributed by atoms with E-state index in [2.05, 4.69) is 0 Å². The van der Waals surface area contributed by atoms with Crippen molar-refractivity contribution in [1.82, 2.24) is 0 Å². The minimum absolute atomic E-state index is 0.250. The summed E-state index contributed by atoms with van der Waals surface area (Å²) in [6, 6.07) is 0. The van der Waals surface area contributed by atoms with Gasteiger partial charge in [0.2, 0.25) is 0 Å². The van der Waals surface area contributed by atoms with Crippen LogP contribution in [0.2, 0.25) is 13.6 Å². The highest BCUT2D eigenvalue weighted by Gasteiger charge is 1.42. The summed E-state index contributed by atoms with van der Waals surface area (Å²) in [6.45, 7) is 4.00. The summed E-state index contributed by atoms with van der Waals surface area (Å²) in [5.74, 6) is 0. The van der Waals surface area contributed by atoms with E-state index in [1.165, 1.54) is 0 Å². The van der Waals surface area contributed by atoms with Crippen molar-refractivity contribution in [3.8, 4) is 0 Å². The average molecular weight is 84.9 g/mol. The predicted molar refractivity (Wildman–Crippen MR) is 22.5 cm³/mol. The molecule has 0 rings (SSSR count). The number of hydrogen-bond acceptors (Lipinski definition) is 2. The first kappa shape index (κ1) is 9.06. The van der Waals surface area contributed by atoms with Crippen LogP contribution in [0.1, 0.15) is 0 Å². The zero-order chi connectivity index (χ0) is 5.41. The SMILES string of the molecule is C[B]C.O=C=O. The van der Waals surface area contributed by atoms with Gasteiger partial charge < -0.3 is 0 Å². The van der Waals surface area contributed by atoms with Crippen molar-refractivity contribution in [2.75, 3.05) is 0 Å². The minimum atomic E-state index is 0.250. The smallest absolute Gasteiger partial charge is 0.186 e. The van der Waals surface area contributed by atoms with E-state index in [4.69, 9.17) is 9.59 Å². The third kappa shape index (κ3) is 66.8. The summed E-state index contributed by atoms with van der Waals surface area (Å²) >= 11 is 0. The lowest BCUT2D eigenvalue weighted by molar-refractivity contribution is -0.191. The van der Waals surface area contributed by atoms with Gasteiger partial charge >= 0.3 is 6.15 Å². The Morgan fingerprint density at radius 2 is 1.33 bits per heavy atom. The lowest BCUT2D eigenvalue weighted by Gasteiger charge is -1.41. The monoisotopic (exact) mass is 85.0 g/mol. The van der Waals surface area contributed by atoms with Crippen LogP contribution >= 0.6 is 0 Å². The second-order valence-corrected chi connectivity index (χ2v) is 0.661. The Hall–Kier alpha value is -0.555. The molecule has 0 saturated heterocycles. The third-order valence-corrected chi connectivity index (χ3v) is 0.